The van der Waals surface area contributed by atoms with E-state index in [1.54, 1.807) is 13.2 Å². The molecule has 2 aromatic rings. The number of rotatable bonds is 5. The molecule has 7 atom stereocenters. The number of aliphatic hydroxyl groups excluding tert-OH is 1. The molecular weight excluding hydrogens is 474 g/mol. The first-order chi connectivity index (χ1) is 18.0. The zero-order chi connectivity index (χ0) is 25.7. The number of hydrogen-bond donors (Lipinski definition) is 2. The van der Waals surface area contributed by atoms with Gasteiger partial charge < -0.3 is 29.2 Å². The predicted octanol–water partition coefficient (Wildman–Crippen LogP) is 2.96. The van der Waals surface area contributed by atoms with Crippen molar-refractivity contribution in [2.45, 2.75) is 56.5 Å². The first-order valence-corrected chi connectivity index (χ1v) is 12.6. The summed E-state index contributed by atoms with van der Waals surface area (Å²) < 4.78 is 23.5. The smallest absolute Gasteiger partial charge is 0.231 e. The Bertz CT molecular complexity index is 1400. The van der Waals surface area contributed by atoms with Crippen molar-refractivity contribution in [1.82, 2.24) is 9.80 Å². The van der Waals surface area contributed by atoms with Crippen LogP contribution in [0.3, 0.4) is 0 Å². The Morgan fingerprint density at radius 3 is 2.68 bits per heavy atom. The van der Waals surface area contributed by atoms with Gasteiger partial charge in [-0.3, -0.25) is 9.80 Å². The average Bonchev–Trinajstić information content (AvgIpc) is 3.24. The zero-order valence-corrected chi connectivity index (χ0v) is 21.0. The highest BCUT2D eigenvalue weighted by Crippen LogP contribution is 2.69. The zero-order valence-electron chi connectivity index (χ0n) is 21.0. The van der Waals surface area contributed by atoms with Gasteiger partial charge in [0.05, 0.1) is 44.0 Å². The molecule has 2 saturated heterocycles. The highest BCUT2D eigenvalue weighted by Gasteiger charge is 2.71. The average molecular weight is 504 g/mol. The number of benzene rings is 2. The van der Waals surface area contributed by atoms with E-state index in [0.29, 0.717) is 36.0 Å². The molecular formula is C28H29N3O6. The molecule has 37 heavy (non-hydrogen) atoms. The number of aryl methyl sites for hydroxylation is 1. The molecule has 4 unspecified atom stereocenters. The number of ether oxygens (including phenoxy) is 4. The fourth-order valence-electron chi connectivity index (χ4n) is 7.59. The van der Waals surface area contributed by atoms with E-state index in [2.05, 4.69) is 28.5 Å². The summed E-state index contributed by atoms with van der Waals surface area (Å²) in [5, 5.41) is 32.6. The number of phenolic OH excluding ortho intramolecular Hbond substituents is 1. The van der Waals surface area contributed by atoms with Gasteiger partial charge in [-0.25, -0.2) is 0 Å². The van der Waals surface area contributed by atoms with Crippen LogP contribution in [0, 0.1) is 25.2 Å². The van der Waals surface area contributed by atoms with E-state index in [4.69, 9.17) is 18.9 Å². The highest BCUT2D eigenvalue weighted by molar-refractivity contribution is 5.67. The van der Waals surface area contributed by atoms with Crippen LogP contribution in [-0.2, 0) is 6.42 Å². The largest absolute Gasteiger partial charge is 0.504 e. The monoisotopic (exact) mass is 503 g/mol. The molecule has 0 spiro atoms. The van der Waals surface area contributed by atoms with E-state index in [0.717, 1.165) is 33.4 Å². The number of nitriles is 1. The van der Waals surface area contributed by atoms with Crippen LogP contribution in [-0.4, -0.2) is 65.3 Å². The Balaban J connectivity index is 1.45. The van der Waals surface area contributed by atoms with Gasteiger partial charge in [0.2, 0.25) is 6.79 Å². The summed E-state index contributed by atoms with van der Waals surface area (Å²) in [4.78, 5) is 4.50. The fourth-order valence-corrected chi connectivity index (χ4v) is 7.59. The Morgan fingerprint density at radius 2 is 1.97 bits per heavy atom. The normalized spacial score (nSPS) is 31.5. The maximum absolute atomic E-state index is 11.4. The van der Waals surface area contributed by atoms with Crippen molar-refractivity contribution in [1.29, 1.82) is 5.26 Å². The number of nitrogens with zero attached hydrogens (tertiary/aromatic N) is 3. The van der Waals surface area contributed by atoms with Crippen LogP contribution in [0.4, 0.5) is 0 Å². The Labute approximate surface area is 215 Å². The molecule has 2 N–H and O–H groups in total. The maximum atomic E-state index is 11.4. The molecule has 0 aromatic heterocycles. The van der Waals surface area contributed by atoms with E-state index in [-0.39, 0.29) is 43.3 Å². The van der Waals surface area contributed by atoms with E-state index < -0.39 is 12.1 Å². The lowest BCUT2D eigenvalue weighted by atomic mass is 9.77. The SMILES string of the molecule is C=CCOc1c(C)c2c(c3c1CC1[C@H]4c5c(cc(C)c(OC)c5O)C5C([C@H](C#N)N1[C@H]3CO)N54)OCO2. The number of aromatic hydroxyl groups is 1. The molecule has 0 bridgehead atoms. The predicted molar refractivity (Wildman–Crippen MR) is 132 cm³/mol. The Hall–Kier alpha value is -3.45. The van der Waals surface area contributed by atoms with Crippen LogP contribution in [0.5, 0.6) is 28.7 Å². The topological polar surface area (TPSA) is 107 Å². The third-order valence-corrected chi connectivity index (χ3v) is 8.84. The van der Waals surface area contributed by atoms with E-state index in [9.17, 15) is 15.5 Å². The van der Waals surface area contributed by atoms with Crippen LogP contribution in [0.25, 0.3) is 0 Å². The molecule has 0 saturated carbocycles. The second-order valence-corrected chi connectivity index (χ2v) is 10.4. The van der Waals surface area contributed by atoms with Crippen LogP contribution < -0.4 is 18.9 Å². The lowest BCUT2D eigenvalue weighted by molar-refractivity contribution is -0.0138. The summed E-state index contributed by atoms with van der Waals surface area (Å²) >= 11 is 0. The van der Waals surface area contributed by atoms with Crippen molar-refractivity contribution in [2.24, 2.45) is 0 Å². The number of methoxy groups -OCH3 is 1. The number of aliphatic hydroxyl groups is 1. The van der Waals surface area contributed by atoms with Gasteiger partial charge in [-0.1, -0.05) is 18.7 Å². The second kappa shape index (κ2) is 7.78. The van der Waals surface area contributed by atoms with Crippen LogP contribution >= 0.6 is 0 Å². The fraction of sp³-hybridized carbons (Fsp3) is 0.464. The molecule has 5 aliphatic rings. The molecule has 192 valence electrons. The molecule has 7 rings (SSSR count). The molecule has 2 aromatic carbocycles. The van der Waals surface area contributed by atoms with Crippen molar-refractivity contribution in [3.05, 3.63) is 52.1 Å². The van der Waals surface area contributed by atoms with Gasteiger partial charge in [0.1, 0.15) is 18.4 Å². The highest BCUT2D eigenvalue weighted by atomic mass is 16.7. The van der Waals surface area contributed by atoms with E-state index in [1.807, 2.05) is 13.8 Å². The van der Waals surface area contributed by atoms with Gasteiger partial charge in [-0.2, -0.15) is 5.26 Å². The van der Waals surface area contributed by atoms with Gasteiger partial charge in [0.25, 0.3) is 0 Å². The van der Waals surface area contributed by atoms with Gasteiger partial charge >= 0.3 is 0 Å². The lowest BCUT2D eigenvalue weighted by Crippen LogP contribution is -2.59. The van der Waals surface area contributed by atoms with Crippen LogP contribution in [0.2, 0.25) is 0 Å². The van der Waals surface area contributed by atoms with Crippen LogP contribution in [0.1, 0.15) is 51.5 Å². The maximum Gasteiger partial charge on any atom is 0.231 e. The van der Waals surface area contributed by atoms with Crippen molar-refractivity contribution in [2.75, 3.05) is 27.1 Å². The molecule has 0 amide bonds. The minimum absolute atomic E-state index is 0.00584. The number of fused-ring (bicyclic) bond motifs is 9. The van der Waals surface area contributed by atoms with E-state index >= 15 is 0 Å². The van der Waals surface area contributed by atoms with Gasteiger partial charge in [-0.15, -0.1) is 0 Å². The molecule has 5 heterocycles. The van der Waals surface area contributed by atoms with Crippen molar-refractivity contribution < 1.29 is 29.2 Å². The van der Waals surface area contributed by atoms with Gasteiger partial charge in [0, 0.05) is 28.3 Å². The summed E-state index contributed by atoms with van der Waals surface area (Å²) in [6, 6.07) is 3.46. The molecule has 2 fully saturated rings. The number of hydrogen-bond acceptors (Lipinski definition) is 9. The number of phenols is 1. The quantitative estimate of drug-likeness (QED) is 0.470. The second-order valence-electron chi connectivity index (χ2n) is 10.4. The third-order valence-electron chi connectivity index (χ3n) is 8.84. The minimum Gasteiger partial charge on any atom is -0.504 e. The minimum atomic E-state index is -0.484. The Kier molecular flexibility index (Phi) is 4.78. The Morgan fingerprint density at radius 1 is 1.19 bits per heavy atom. The lowest BCUT2D eigenvalue weighted by Gasteiger charge is -2.51. The van der Waals surface area contributed by atoms with E-state index in [1.165, 1.54) is 0 Å². The first kappa shape index (κ1) is 22.7. The van der Waals surface area contributed by atoms with Crippen LogP contribution in [0.15, 0.2) is 18.7 Å². The standard InChI is InChI=1S/C28H29N3O6/c1-5-6-35-26-13(3)27-28(37-11-36-27)19-15(26)8-16-22-20-14(7-12(2)25(34-4)24(20)33)21-23(31(21)22)17(9-29)30(16)18(19)10-32/h5,7,16-18,21-23,32-33H,1,6,8,10-11H2,2-4H3/t16?,17-,18-,21?,22-,23?,31?/m0/s1. The first-order valence-electron chi connectivity index (χ1n) is 12.6. The summed E-state index contributed by atoms with van der Waals surface area (Å²) in [6.45, 7) is 7.91. The van der Waals surface area contributed by atoms with Gasteiger partial charge in [0.15, 0.2) is 23.0 Å². The van der Waals surface area contributed by atoms with Crippen molar-refractivity contribution >= 4 is 0 Å². The van der Waals surface area contributed by atoms with Crippen molar-refractivity contribution in [3.8, 4) is 34.8 Å². The van der Waals surface area contributed by atoms with Gasteiger partial charge in [-0.05, 0) is 31.4 Å². The van der Waals surface area contributed by atoms with Crippen molar-refractivity contribution in [3.63, 3.8) is 0 Å². The summed E-state index contributed by atoms with van der Waals surface area (Å²) in [5.74, 6) is 2.60. The third kappa shape index (κ3) is 2.68. The summed E-state index contributed by atoms with van der Waals surface area (Å²) in [7, 11) is 1.57. The molecule has 9 nitrogen and oxygen atoms in total. The molecule has 0 aliphatic carbocycles. The summed E-state index contributed by atoms with van der Waals surface area (Å²) in [5.41, 5.74) is 5.43. The molecule has 5 aliphatic heterocycles. The molecule has 9 heteroatoms. The molecule has 0 radical (unpaired) electrons. The number of piperazine rings is 1. The summed E-state index contributed by atoms with van der Waals surface area (Å²) in [6.07, 6.45) is 2.26.